The van der Waals surface area contributed by atoms with Crippen molar-refractivity contribution in [3.63, 3.8) is 0 Å². The lowest BCUT2D eigenvalue weighted by molar-refractivity contribution is 0.0356. The molecule has 0 bridgehead atoms. The van der Waals surface area contributed by atoms with Crippen LogP contribution in [0.4, 0.5) is 0 Å². The van der Waals surface area contributed by atoms with E-state index in [0.29, 0.717) is 25.1 Å². The van der Waals surface area contributed by atoms with E-state index >= 15 is 0 Å². The predicted molar refractivity (Wildman–Crippen MR) is 90.5 cm³/mol. The van der Waals surface area contributed by atoms with Gasteiger partial charge in [0.15, 0.2) is 0 Å². The largest absolute Gasteiger partial charge is 0.394 e. The Morgan fingerprint density at radius 1 is 1.26 bits per heavy atom. The number of piperazine rings is 1. The molecule has 1 amide bonds. The van der Waals surface area contributed by atoms with Crippen LogP contribution in [0.5, 0.6) is 0 Å². The van der Waals surface area contributed by atoms with Gasteiger partial charge in [0.25, 0.3) is 5.91 Å². The van der Waals surface area contributed by atoms with Crippen molar-refractivity contribution in [3.05, 3.63) is 35.4 Å². The lowest BCUT2D eigenvalue weighted by Gasteiger charge is -2.39. The molecule has 5 heteroatoms. The maximum Gasteiger partial charge on any atom is 0.254 e. The van der Waals surface area contributed by atoms with Gasteiger partial charge in [0.1, 0.15) is 0 Å². The van der Waals surface area contributed by atoms with Gasteiger partial charge in [-0.1, -0.05) is 12.1 Å². The van der Waals surface area contributed by atoms with Crippen molar-refractivity contribution >= 4 is 5.91 Å². The van der Waals surface area contributed by atoms with Crippen LogP contribution in [0.1, 0.15) is 36.2 Å². The molecule has 2 rings (SSSR count). The molecule has 1 aliphatic rings. The van der Waals surface area contributed by atoms with Crippen molar-refractivity contribution in [1.82, 2.24) is 9.80 Å². The molecule has 0 spiro atoms. The summed E-state index contributed by atoms with van der Waals surface area (Å²) in [7, 11) is 2.00. The fraction of sp³-hybridized carbons (Fsp3) is 0.611. The van der Waals surface area contributed by atoms with Crippen LogP contribution in [0.2, 0.25) is 0 Å². The van der Waals surface area contributed by atoms with E-state index in [1.807, 2.05) is 31.3 Å². The van der Waals surface area contributed by atoms with Crippen LogP contribution < -0.4 is 0 Å². The molecule has 5 nitrogen and oxygen atoms in total. The normalized spacial score (nSPS) is 19.9. The number of benzene rings is 1. The van der Waals surface area contributed by atoms with E-state index in [-0.39, 0.29) is 18.6 Å². The van der Waals surface area contributed by atoms with Crippen LogP contribution in [0.15, 0.2) is 24.3 Å². The van der Waals surface area contributed by atoms with Gasteiger partial charge in [-0.2, -0.15) is 0 Å². The second-order valence-corrected chi connectivity index (χ2v) is 7.11. The van der Waals surface area contributed by atoms with Crippen molar-refractivity contribution in [2.45, 2.75) is 38.3 Å². The SMILES string of the molecule is CN1CCN(C(=O)c2ccc(CCC(C)(C)O)cc2)[C@H](CO)C1. The highest BCUT2D eigenvalue weighted by Gasteiger charge is 2.29. The minimum absolute atomic E-state index is 0.0141. The number of likely N-dealkylation sites (N-methyl/N-ethyl adjacent to an activating group) is 1. The van der Waals surface area contributed by atoms with Crippen LogP contribution in [0.25, 0.3) is 0 Å². The average molecular weight is 320 g/mol. The van der Waals surface area contributed by atoms with E-state index in [1.165, 1.54) is 0 Å². The molecule has 1 saturated heterocycles. The van der Waals surface area contributed by atoms with Crippen molar-refractivity contribution in [2.24, 2.45) is 0 Å². The van der Waals surface area contributed by atoms with Crippen molar-refractivity contribution < 1.29 is 15.0 Å². The quantitative estimate of drug-likeness (QED) is 0.854. The molecule has 1 aromatic carbocycles. The number of carbonyl (C=O) groups is 1. The molecule has 1 heterocycles. The molecule has 1 atom stereocenters. The van der Waals surface area contributed by atoms with Gasteiger partial charge in [0, 0.05) is 25.2 Å². The molecule has 1 fully saturated rings. The molecule has 0 saturated carbocycles. The summed E-state index contributed by atoms with van der Waals surface area (Å²) >= 11 is 0. The summed E-state index contributed by atoms with van der Waals surface area (Å²) < 4.78 is 0. The molecule has 0 radical (unpaired) electrons. The first-order valence-electron chi connectivity index (χ1n) is 8.22. The van der Waals surface area contributed by atoms with Crippen LogP contribution in [0, 0.1) is 0 Å². The van der Waals surface area contributed by atoms with Gasteiger partial charge in [-0.3, -0.25) is 4.79 Å². The van der Waals surface area contributed by atoms with E-state index < -0.39 is 5.60 Å². The maximum atomic E-state index is 12.7. The van der Waals surface area contributed by atoms with E-state index in [1.54, 1.807) is 18.7 Å². The predicted octanol–water partition coefficient (Wildman–Crippen LogP) is 1.14. The van der Waals surface area contributed by atoms with Gasteiger partial charge in [-0.15, -0.1) is 0 Å². The van der Waals surface area contributed by atoms with Crippen LogP contribution >= 0.6 is 0 Å². The van der Waals surface area contributed by atoms with E-state index in [9.17, 15) is 15.0 Å². The zero-order chi connectivity index (χ0) is 17.0. The fourth-order valence-corrected chi connectivity index (χ4v) is 2.86. The summed E-state index contributed by atoms with van der Waals surface area (Å²) in [6.45, 7) is 5.75. The number of carbonyl (C=O) groups excluding carboxylic acids is 1. The first-order valence-corrected chi connectivity index (χ1v) is 8.22. The van der Waals surface area contributed by atoms with Crippen molar-refractivity contribution in [3.8, 4) is 0 Å². The standard InChI is InChI=1S/C18H28N2O3/c1-18(2,23)9-8-14-4-6-15(7-5-14)17(22)20-11-10-19(3)12-16(20)13-21/h4-7,16,21,23H,8-13H2,1-3H3/t16-/m0/s1. The first-order chi connectivity index (χ1) is 10.8. The molecule has 0 aliphatic carbocycles. The Bertz CT molecular complexity index is 522. The van der Waals surface area contributed by atoms with Crippen LogP contribution in [0.3, 0.4) is 0 Å². The highest BCUT2D eigenvalue weighted by atomic mass is 16.3. The number of aryl methyl sites for hydroxylation is 1. The highest BCUT2D eigenvalue weighted by molar-refractivity contribution is 5.94. The minimum atomic E-state index is -0.678. The van der Waals surface area contributed by atoms with E-state index in [4.69, 9.17) is 0 Å². The number of nitrogens with zero attached hydrogens (tertiary/aromatic N) is 2. The Kier molecular flexibility index (Phi) is 5.79. The smallest absolute Gasteiger partial charge is 0.254 e. The van der Waals surface area contributed by atoms with Gasteiger partial charge in [0.2, 0.25) is 0 Å². The molecule has 0 aromatic heterocycles. The summed E-state index contributed by atoms with van der Waals surface area (Å²) in [5.41, 5.74) is 1.09. The lowest BCUT2D eigenvalue weighted by Crippen LogP contribution is -2.55. The molecule has 2 N–H and O–H groups in total. The monoisotopic (exact) mass is 320 g/mol. The molecule has 1 aromatic rings. The first kappa shape index (κ1) is 17.9. The summed E-state index contributed by atoms with van der Waals surface area (Å²) in [5.74, 6) is -0.0220. The average Bonchev–Trinajstić information content (AvgIpc) is 2.52. The van der Waals surface area contributed by atoms with Crippen molar-refractivity contribution in [2.75, 3.05) is 33.3 Å². The van der Waals surface area contributed by atoms with Crippen molar-refractivity contribution in [1.29, 1.82) is 0 Å². The number of hydrogen-bond donors (Lipinski definition) is 2. The fourth-order valence-electron chi connectivity index (χ4n) is 2.86. The van der Waals surface area contributed by atoms with Gasteiger partial charge in [0.05, 0.1) is 18.2 Å². The summed E-state index contributed by atoms with van der Waals surface area (Å²) in [5, 5.41) is 19.3. The van der Waals surface area contributed by atoms with E-state index in [0.717, 1.165) is 18.5 Å². The summed E-state index contributed by atoms with van der Waals surface area (Å²) in [4.78, 5) is 16.6. The summed E-state index contributed by atoms with van der Waals surface area (Å²) in [6, 6.07) is 7.44. The Morgan fingerprint density at radius 3 is 2.48 bits per heavy atom. The minimum Gasteiger partial charge on any atom is -0.394 e. The number of hydrogen-bond acceptors (Lipinski definition) is 4. The molecule has 0 unspecified atom stereocenters. The third kappa shape index (κ3) is 5.03. The second-order valence-electron chi connectivity index (χ2n) is 7.11. The zero-order valence-corrected chi connectivity index (χ0v) is 14.3. The summed E-state index contributed by atoms with van der Waals surface area (Å²) in [6.07, 6.45) is 1.47. The molecular weight excluding hydrogens is 292 g/mol. The van der Waals surface area contributed by atoms with Gasteiger partial charge >= 0.3 is 0 Å². The molecular formula is C18H28N2O3. The Labute approximate surface area is 138 Å². The number of amides is 1. The number of rotatable bonds is 5. The third-order valence-corrected chi connectivity index (χ3v) is 4.38. The Hall–Kier alpha value is -1.43. The van der Waals surface area contributed by atoms with Gasteiger partial charge in [-0.05, 0) is 51.4 Å². The van der Waals surface area contributed by atoms with E-state index in [2.05, 4.69) is 4.90 Å². The van der Waals surface area contributed by atoms with Crippen LogP contribution in [-0.4, -0.2) is 70.9 Å². The Morgan fingerprint density at radius 2 is 1.91 bits per heavy atom. The maximum absolute atomic E-state index is 12.7. The van der Waals surface area contributed by atoms with Gasteiger partial charge in [-0.25, -0.2) is 0 Å². The Balaban J connectivity index is 2.02. The molecule has 128 valence electrons. The highest BCUT2D eigenvalue weighted by Crippen LogP contribution is 2.17. The second kappa shape index (κ2) is 7.43. The lowest BCUT2D eigenvalue weighted by atomic mass is 9.98. The molecule has 23 heavy (non-hydrogen) atoms. The van der Waals surface area contributed by atoms with Crippen LogP contribution in [-0.2, 0) is 6.42 Å². The topological polar surface area (TPSA) is 64.0 Å². The number of aliphatic hydroxyl groups is 2. The molecule has 1 aliphatic heterocycles. The third-order valence-electron chi connectivity index (χ3n) is 4.38. The number of aliphatic hydroxyl groups excluding tert-OH is 1. The van der Waals surface area contributed by atoms with Gasteiger partial charge < -0.3 is 20.0 Å². The zero-order valence-electron chi connectivity index (χ0n) is 14.3.